The van der Waals surface area contributed by atoms with Crippen LogP contribution in [0.2, 0.25) is 0 Å². The summed E-state index contributed by atoms with van der Waals surface area (Å²) in [4.78, 5) is 52.6. The summed E-state index contributed by atoms with van der Waals surface area (Å²) in [5.74, 6) is -0.451. The molecule has 5 rings (SSSR count). The minimum Gasteiger partial charge on any atom is -0.466 e. The van der Waals surface area contributed by atoms with Crippen LogP contribution in [0.1, 0.15) is 30.5 Å². The first-order chi connectivity index (χ1) is 20.2. The zero-order valence-electron chi connectivity index (χ0n) is 22.3. The molecule has 1 aliphatic heterocycles. The Labute approximate surface area is 241 Å². The fourth-order valence-corrected chi connectivity index (χ4v) is 5.59. The van der Waals surface area contributed by atoms with Crippen LogP contribution in [0.25, 0.3) is 6.08 Å². The second-order valence-corrected chi connectivity index (χ2v) is 10.0. The van der Waals surface area contributed by atoms with Gasteiger partial charge in [0.15, 0.2) is 4.80 Å². The number of allylic oxidation sites excluding steroid dienone is 1. The largest absolute Gasteiger partial charge is 0.466 e. The molecule has 0 radical (unpaired) electrons. The minimum absolute atomic E-state index is 0.152. The summed E-state index contributed by atoms with van der Waals surface area (Å²) in [5, 5.41) is 22.4. The summed E-state index contributed by atoms with van der Waals surface area (Å²) in [6.45, 7) is 1.88. The van der Waals surface area contributed by atoms with Gasteiger partial charge in [-0.25, -0.2) is 9.79 Å². The number of methoxy groups -OCH3 is 1. The summed E-state index contributed by atoms with van der Waals surface area (Å²) in [6, 6.07) is 18.1. The van der Waals surface area contributed by atoms with Crippen LogP contribution in [0.3, 0.4) is 0 Å². The number of ether oxygens (including phenoxy) is 2. The van der Waals surface area contributed by atoms with Gasteiger partial charge in [0.1, 0.15) is 5.75 Å². The number of hydrogen-bond donors (Lipinski definition) is 0. The van der Waals surface area contributed by atoms with Gasteiger partial charge in [0.05, 0.1) is 44.9 Å². The highest BCUT2D eigenvalue weighted by atomic mass is 32.1. The highest BCUT2D eigenvalue weighted by Gasteiger charge is 2.33. The maximum Gasteiger partial charge on any atom is 0.338 e. The van der Waals surface area contributed by atoms with Crippen molar-refractivity contribution in [3.8, 4) is 11.5 Å². The van der Waals surface area contributed by atoms with Crippen molar-refractivity contribution in [3.63, 3.8) is 0 Å². The first-order valence-electron chi connectivity index (χ1n) is 12.6. The van der Waals surface area contributed by atoms with Crippen molar-refractivity contribution in [1.82, 2.24) is 4.57 Å². The SMILES string of the molecule is CCC1=C(C(=O)OC)[C@H](c2ccccc2)n2c(s/c(=C\c3ccc(Oc4ccc([N+](=O)[O-])cc4[N+](=O)[O-])cc3)c2=O)=N1. The zero-order chi connectivity index (χ0) is 30.0. The highest BCUT2D eigenvalue weighted by molar-refractivity contribution is 7.07. The number of hydrogen-bond acceptors (Lipinski definition) is 10. The topological polar surface area (TPSA) is 156 Å². The van der Waals surface area contributed by atoms with Crippen LogP contribution >= 0.6 is 11.3 Å². The first-order valence-corrected chi connectivity index (χ1v) is 13.4. The van der Waals surface area contributed by atoms with Gasteiger partial charge >= 0.3 is 11.7 Å². The molecule has 0 saturated heterocycles. The predicted octanol–water partition coefficient (Wildman–Crippen LogP) is 4.41. The van der Waals surface area contributed by atoms with E-state index in [1.807, 2.05) is 37.3 Å². The molecule has 0 unspecified atom stereocenters. The summed E-state index contributed by atoms with van der Waals surface area (Å²) in [7, 11) is 1.29. The van der Waals surface area contributed by atoms with Crippen LogP contribution in [0.5, 0.6) is 11.5 Å². The number of nitro benzene ring substituents is 2. The second kappa shape index (κ2) is 11.6. The standard InChI is InChI=1S/C29H22N4O8S/c1-3-21-25(28(35)40-2)26(18-7-5-4-6-8-18)31-27(34)24(42-29(31)30-21)15-17-9-12-20(13-10-17)41-23-14-11-19(32(36)37)16-22(23)33(38)39/h4-16,26H,3H2,1-2H3/b24-15-/t26-/m0/s1. The van der Waals surface area contributed by atoms with E-state index in [1.54, 1.807) is 30.3 Å². The van der Waals surface area contributed by atoms with Crippen LogP contribution in [-0.2, 0) is 9.53 Å². The van der Waals surface area contributed by atoms with Crippen LogP contribution < -0.4 is 19.6 Å². The van der Waals surface area contributed by atoms with E-state index in [0.717, 1.165) is 17.7 Å². The molecule has 0 bridgehead atoms. The molecule has 0 aliphatic carbocycles. The zero-order valence-corrected chi connectivity index (χ0v) is 23.1. The minimum atomic E-state index is -0.755. The lowest BCUT2D eigenvalue weighted by Gasteiger charge is -2.25. The van der Waals surface area contributed by atoms with E-state index in [9.17, 15) is 29.8 Å². The maximum absolute atomic E-state index is 13.7. The van der Waals surface area contributed by atoms with Gasteiger partial charge in [0.25, 0.3) is 11.2 Å². The average molecular weight is 587 g/mol. The van der Waals surface area contributed by atoms with E-state index in [-0.39, 0.29) is 17.1 Å². The number of non-ortho nitro benzene ring substituents is 1. The third-order valence-electron chi connectivity index (χ3n) is 6.52. The third-order valence-corrected chi connectivity index (χ3v) is 7.50. The quantitative estimate of drug-likeness (QED) is 0.167. The number of aromatic nitrogens is 1. The van der Waals surface area contributed by atoms with Gasteiger partial charge in [0.2, 0.25) is 5.75 Å². The first kappa shape index (κ1) is 28.1. The highest BCUT2D eigenvalue weighted by Crippen LogP contribution is 2.35. The van der Waals surface area contributed by atoms with E-state index >= 15 is 0 Å². The number of rotatable bonds is 8. The molecule has 0 fully saturated rings. The molecule has 0 spiro atoms. The number of carbonyl (C=O) groups excluding carboxylic acids is 1. The Morgan fingerprint density at radius 1 is 1.05 bits per heavy atom. The second-order valence-electron chi connectivity index (χ2n) is 9.04. The number of esters is 1. The number of thiazole rings is 1. The molecule has 0 saturated carbocycles. The Bertz CT molecular complexity index is 1930. The number of nitrogens with zero attached hydrogens (tertiary/aromatic N) is 4. The van der Waals surface area contributed by atoms with Crippen molar-refractivity contribution in [1.29, 1.82) is 0 Å². The summed E-state index contributed by atoms with van der Waals surface area (Å²) in [6.07, 6.45) is 2.14. The van der Waals surface area contributed by atoms with Crippen molar-refractivity contribution in [2.24, 2.45) is 4.99 Å². The lowest BCUT2D eigenvalue weighted by Crippen LogP contribution is -2.40. The number of nitro groups is 2. The molecular formula is C29H22N4O8S. The maximum atomic E-state index is 13.7. The fraction of sp³-hybridized carbons (Fsp3) is 0.138. The molecular weight excluding hydrogens is 564 g/mol. The Balaban J connectivity index is 1.52. The summed E-state index contributed by atoms with van der Waals surface area (Å²) < 4.78 is 12.6. The molecule has 2 heterocycles. The van der Waals surface area contributed by atoms with E-state index in [4.69, 9.17) is 9.47 Å². The molecule has 0 N–H and O–H groups in total. The lowest BCUT2D eigenvalue weighted by atomic mass is 9.95. The monoisotopic (exact) mass is 586 g/mol. The number of carbonyl (C=O) groups is 1. The van der Waals surface area contributed by atoms with Gasteiger partial charge < -0.3 is 9.47 Å². The molecule has 13 heteroatoms. The van der Waals surface area contributed by atoms with Gasteiger partial charge in [-0.05, 0) is 41.8 Å². The third kappa shape index (κ3) is 5.32. The van der Waals surface area contributed by atoms with Gasteiger partial charge in [-0.2, -0.15) is 0 Å². The van der Waals surface area contributed by atoms with Gasteiger partial charge in [0, 0.05) is 6.07 Å². The fourth-order valence-electron chi connectivity index (χ4n) is 4.57. The normalized spacial score (nSPS) is 14.6. The lowest BCUT2D eigenvalue weighted by molar-refractivity contribution is -0.394. The van der Waals surface area contributed by atoms with Crippen molar-refractivity contribution in [2.75, 3.05) is 7.11 Å². The Hall–Kier alpha value is -5.43. The molecule has 1 aliphatic rings. The van der Waals surface area contributed by atoms with Crippen LogP contribution in [0.15, 0.2) is 93.9 Å². The smallest absolute Gasteiger partial charge is 0.338 e. The van der Waals surface area contributed by atoms with E-state index in [0.29, 0.717) is 32.6 Å². The molecule has 0 amide bonds. The molecule has 3 aromatic carbocycles. The van der Waals surface area contributed by atoms with E-state index < -0.39 is 33.2 Å². The molecule has 212 valence electrons. The van der Waals surface area contributed by atoms with Crippen LogP contribution in [0, 0.1) is 20.2 Å². The van der Waals surface area contributed by atoms with Crippen LogP contribution in [-0.4, -0.2) is 27.5 Å². The molecule has 1 atom stereocenters. The number of benzene rings is 3. The van der Waals surface area contributed by atoms with E-state index in [2.05, 4.69) is 4.99 Å². The van der Waals surface area contributed by atoms with Gasteiger partial charge in [-0.15, -0.1) is 0 Å². The predicted molar refractivity (Wildman–Crippen MR) is 153 cm³/mol. The Morgan fingerprint density at radius 2 is 1.76 bits per heavy atom. The average Bonchev–Trinajstić information content (AvgIpc) is 3.31. The molecule has 1 aromatic heterocycles. The van der Waals surface area contributed by atoms with Crippen molar-refractivity contribution < 1.29 is 24.1 Å². The van der Waals surface area contributed by atoms with Crippen LogP contribution in [0.4, 0.5) is 11.4 Å². The Kier molecular flexibility index (Phi) is 7.76. The van der Waals surface area contributed by atoms with Gasteiger partial charge in [-0.1, -0.05) is 60.7 Å². The molecule has 12 nitrogen and oxygen atoms in total. The van der Waals surface area contributed by atoms with E-state index in [1.165, 1.54) is 29.1 Å². The van der Waals surface area contributed by atoms with Gasteiger partial charge in [-0.3, -0.25) is 29.6 Å². The number of fused-ring (bicyclic) bond motifs is 1. The Morgan fingerprint density at radius 3 is 2.38 bits per heavy atom. The van der Waals surface area contributed by atoms with Crippen molar-refractivity contribution in [2.45, 2.75) is 19.4 Å². The van der Waals surface area contributed by atoms with Crippen molar-refractivity contribution >= 4 is 34.8 Å². The molecule has 42 heavy (non-hydrogen) atoms. The van der Waals surface area contributed by atoms with Crippen molar-refractivity contribution in [3.05, 3.63) is 135 Å². The molecule has 4 aromatic rings. The summed E-state index contributed by atoms with van der Waals surface area (Å²) >= 11 is 1.19. The summed E-state index contributed by atoms with van der Waals surface area (Å²) in [5.41, 5.74) is 0.951.